The Bertz CT molecular complexity index is 932. The molecular formula is C20H29F3N6O4S. The molecular weight excluding hydrogens is 477 g/mol. The van der Waals surface area contributed by atoms with Crippen molar-refractivity contribution in [2.24, 2.45) is 0 Å². The Labute approximate surface area is 199 Å². The fourth-order valence-electron chi connectivity index (χ4n) is 3.77. The van der Waals surface area contributed by atoms with Crippen LogP contribution in [0.2, 0.25) is 0 Å². The molecule has 2 aliphatic rings. The van der Waals surface area contributed by atoms with Crippen molar-refractivity contribution in [3.63, 3.8) is 0 Å². The normalized spacial score (nSPS) is 20.1. The fourth-order valence-corrected chi connectivity index (χ4v) is 4.66. The number of ether oxygens (including phenoxy) is 1. The largest absolute Gasteiger partial charge is 0.451 e. The van der Waals surface area contributed by atoms with E-state index in [0.29, 0.717) is 12.3 Å². The van der Waals surface area contributed by atoms with E-state index in [9.17, 15) is 27.6 Å². The van der Waals surface area contributed by atoms with Gasteiger partial charge < -0.3 is 24.4 Å². The smallest absolute Gasteiger partial charge is 0.444 e. The molecule has 0 spiro atoms. The SMILES string of the molecule is CC1CN(C[C@H](CC(=O)N2CCn3c(nnc3C(F)(F)F)C2)NC(=O)OC(C)(C)C)C(=O)CS1. The van der Waals surface area contributed by atoms with Crippen molar-refractivity contribution >= 4 is 29.7 Å². The summed E-state index contributed by atoms with van der Waals surface area (Å²) < 4.78 is 45.5. The second-order valence-corrected chi connectivity index (χ2v) is 10.8. The number of rotatable bonds is 5. The quantitative estimate of drug-likeness (QED) is 0.650. The summed E-state index contributed by atoms with van der Waals surface area (Å²) in [6.07, 6.45) is -5.49. The first-order chi connectivity index (χ1) is 15.7. The number of amides is 3. The number of aromatic nitrogens is 3. The zero-order valence-electron chi connectivity index (χ0n) is 19.5. The van der Waals surface area contributed by atoms with Crippen molar-refractivity contribution in [1.82, 2.24) is 29.9 Å². The summed E-state index contributed by atoms with van der Waals surface area (Å²) in [5.41, 5.74) is -0.752. The Morgan fingerprint density at radius 1 is 1.24 bits per heavy atom. The molecule has 3 amide bonds. The highest BCUT2D eigenvalue weighted by molar-refractivity contribution is 8.00. The Hall–Kier alpha value is -2.51. The summed E-state index contributed by atoms with van der Waals surface area (Å²) in [4.78, 5) is 40.7. The Kier molecular flexibility index (Phi) is 7.68. The van der Waals surface area contributed by atoms with Crippen LogP contribution in [0.5, 0.6) is 0 Å². The van der Waals surface area contributed by atoms with Crippen LogP contribution in [-0.2, 0) is 33.6 Å². The van der Waals surface area contributed by atoms with Crippen LogP contribution in [-0.4, -0.2) is 84.8 Å². The maximum Gasteiger partial charge on any atom is 0.451 e. The van der Waals surface area contributed by atoms with Gasteiger partial charge >= 0.3 is 12.3 Å². The molecule has 2 aliphatic heterocycles. The minimum absolute atomic E-state index is 0.0423. The molecule has 1 unspecified atom stereocenters. The predicted molar refractivity (Wildman–Crippen MR) is 117 cm³/mol. The Balaban J connectivity index is 1.69. The van der Waals surface area contributed by atoms with Gasteiger partial charge in [0.25, 0.3) is 0 Å². The van der Waals surface area contributed by atoms with Gasteiger partial charge in [0.05, 0.1) is 18.3 Å². The molecule has 14 heteroatoms. The molecule has 1 N–H and O–H groups in total. The summed E-state index contributed by atoms with van der Waals surface area (Å²) in [7, 11) is 0. The number of nitrogens with one attached hydrogen (secondary N) is 1. The number of carbonyl (C=O) groups is 3. The molecule has 10 nitrogen and oxygen atoms in total. The van der Waals surface area contributed by atoms with Crippen molar-refractivity contribution in [1.29, 1.82) is 0 Å². The highest BCUT2D eigenvalue weighted by Crippen LogP contribution is 2.29. The highest BCUT2D eigenvalue weighted by atomic mass is 32.2. The lowest BCUT2D eigenvalue weighted by Gasteiger charge is -2.35. The van der Waals surface area contributed by atoms with Crippen LogP contribution in [0.4, 0.5) is 18.0 Å². The molecule has 1 fully saturated rings. The van der Waals surface area contributed by atoms with E-state index in [1.165, 1.54) is 16.7 Å². The fraction of sp³-hybridized carbons (Fsp3) is 0.750. The maximum absolute atomic E-state index is 13.1. The Morgan fingerprint density at radius 3 is 2.59 bits per heavy atom. The molecule has 1 aromatic rings. The van der Waals surface area contributed by atoms with E-state index >= 15 is 0 Å². The van der Waals surface area contributed by atoms with Gasteiger partial charge in [-0.3, -0.25) is 9.59 Å². The van der Waals surface area contributed by atoms with E-state index in [0.717, 1.165) is 4.57 Å². The van der Waals surface area contributed by atoms with Crippen molar-refractivity contribution in [3.8, 4) is 0 Å². The van der Waals surface area contributed by atoms with E-state index in [1.807, 2.05) is 6.92 Å². The molecule has 0 aromatic carbocycles. The summed E-state index contributed by atoms with van der Waals surface area (Å²) in [5, 5.41) is 9.70. The topological polar surface area (TPSA) is 110 Å². The molecule has 190 valence electrons. The van der Waals surface area contributed by atoms with Crippen molar-refractivity contribution in [3.05, 3.63) is 11.6 Å². The average molecular weight is 507 g/mol. The van der Waals surface area contributed by atoms with Crippen molar-refractivity contribution in [2.45, 2.75) is 70.3 Å². The molecule has 1 aromatic heterocycles. The molecule has 0 bridgehead atoms. The van der Waals surface area contributed by atoms with Crippen LogP contribution < -0.4 is 5.32 Å². The third kappa shape index (κ3) is 6.76. The van der Waals surface area contributed by atoms with Gasteiger partial charge in [-0.1, -0.05) is 6.92 Å². The van der Waals surface area contributed by atoms with Crippen molar-refractivity contribution in [2.75, 3.05) is 25.4 Å². The number of hydrogen-bond acceptors (Lipinski definition) is 7. The maximum atomic E-state index is 13.1. The number of nitrogens with zero attached hydrogens (tertiary/aromatic N) is 5. The molecule has 34 heavy (non-hydrogen) atoms. The number of hydrogen-bond donors (Lipinski definition) is 1. The lowest BCUT2D eigenvalue weighted by atomic mass is 10.1. The molecule has 1 saturated heterocycles. The molecule has 0 radical (unpaired) electrons. The number of thioether (sulfide) groups is 1. The van der Waals surface area contributed by atoms with Crippen LogP contribution in [0, 0.1) is 0 Å². The van der Waals surface area contributed by atoms with E-state index in [-0.39, 0.29) is 55.5 Å². The number of alkyl carbamates (subject to hydrolysis) is 1. The number of alkyl halides is 3. The van der Waals surface area contributed by atoms with Gasteiger partial charge in [0.15, 0.2) is 5.82 Å². The molecule has 0 saturated carbocycles. The van der Waals surface area contributed by atoms with E-state index < -0.39 is 29.7 Å². The standard InChI is InChI=1S/C20H29F3N6O4S/c1-12-8-28(16(31)11-34-12)9-13(24-18(32)33-19(2,3)4)7-15(30)27-5-6-29-14(10-27)25-26-17(29)20(21,22)23/h12-13H,5-11H2,1-4H3,(H,24,32)/t12?,13-/m0/s1. The number of fused-ring (bicyclic) bond motifs is 1. The molecule has 2 atom stereocenters. The lowest BCUT2D eigenvalue weighted by Crippen LogP contribution is -2.52. The highest BCUT2D eigenvalue weighted by Gasteiger charge is 2.40. The predicted octanol–water partition coefficient (Wildman–Crippen LogP) is 1.89. The van der Waals surface area contributed by atoms with E-state index in [4.69, 9.17) is 4.74 Å². The number of halogens is 3. The third-order valence-corrected chi connectivity index (χ3v) is 6.40. The van der Waals surface area contributed by atoms with Gasteiger partial charge in [-0.2, -0.15) is 13.2 Å². The summed E-state index contributed by atoms with van der Waals surface area (Å²) in [5.74, 6) is -1.19. The zero-order chi connectivity index (χ0) is 25.3. The monoisotopic (exact) mass is 506 g/mol. The van der Waals surface area contributed by atoms with Gasteiger partial charge in [-0.25, -0.2) is 4.79 Å². The second kappa shape index (κ2) is 10.0. The third-order valence-electron chi connectivity index (χ3n) is 5.26. The average Bonchev–Trinajstić information content (AvgIpc) is 3.12. The minimum Gasteiger partial charge on any atom is -0.444 e. The first-order valence-corrected chi connectivity index (χ1v) is 11.9. The first kappa shape index (κ1) is 26.1. The van der Waals surface area contributed by atoms with Gasteiger partial charge in [0.1, 0.15) is 5.60 Å². The van der Waals surface area contributed by atoms with Gasteiger partial charge in [0, 0.05) is 37.8 Å². The molecule has 0 aliphatic carbocycles. The lowest BCUT2D eigenvalue weighted by molar-refractivity contribution is -0.148. The van der Waals surface area contributed by atoms with Crippen molar-refractivity contribution < 1.29 is 32.3 Å². The zero-order valence-corrected chi connectivity index (χ0v) is 20.3. The van der Waals surface area contributed by atoms with Gasteiger partial charge in [-0.15, -0.1) is 22.0 Å². The van der Waals surface area contributed by atoms with Gasteiger partial charge in [-0.05, 0) is 20.8 Å². The molecule has 3 rings (SSSR count). The summed E-state index contributed by atoms with van der Waals surface area (Å²) in [6.45, 7) is 7.54. The minimum atomic E-state index is -4.63. The summed E-state index contributed by atoms with van der Waals surface area (Å²) in [6, 6.07) is -0.730. The summed E-state index contributed by atoms with van der Waals surface area (Å²) >= 11 is 1.54. The molecule has 3 heterocycles. The number of carbonyl (C=O) groups excluding carboxylic acids is 3. The first-order valence-electron chi connectivity index (χ1n) is 10.9. The van der Waals surface area contributed by atoms with Crippen LogP contribution in [0.25, 0.3) is 0 Å². The Morgan fingerprint density at radius 2 is 1.94 bits per heavy atom. The van der Waals surface area contributed by atoms with E-state index in [1.54, 1.807) is 25.7 Å². The second-order valence-electron chi connectivity index (χ2n) is 9.37. The van der Waals surface area contributed by atoms with Crippen LogP contribution >= 0.6 is 11.8 Å². The van der Waals surface area contributed by atoms with Crippen LogP contribution in [0.15, 0.2) is 0 Å². The van der Waals surface area contributed by atoms with Crippen LogP contribution in [0.3, 0.4) is 0 Å². The van der Waals surface area contributed by atoms with Crippen LogP contribution in [0.1, 0.15) is 45.8 Å². The van der Waals surface area contributed by atoms with Gasteiger partial charge in [0.2, 0.25) is 17.6 Å². The van der Waals surface area contributed by atoms with E-state index in [2.05, 4.69) is 15.5 Å².